The van der Waals surface area contributed by atoms with Crippen LogP contribution in [0.15, 0.2) is 111 Å². The lowest BCUT2D eigenvalue weighted by Gasteiger charge is -2.20. The first-order chi connectivity index (χ1) is 29.6. The fraction of sp³-hybridized carbons (Fsp3) is 0.408. The van der Waals surface area contributed by atoms with Crippen molar-refractivity contribution in [3.05, 3.63) is 124 Å². The summed E-state index contributed by atoms with van der Waals surface area (Å²) in [6, 6.07) is 25.3. The van der Waals surface area contributed by atoms with Gasteiger partial charge in [0.15, 0.2) is 0 Å². The van der Waals surface area contributed by atoms with E-state index in [1.54, 1.807) is 66.7 Å². The van der Waals surface area contributed by atoms with Crippen LogP contribution in [-0.4, -0.2) is 32.8 Å². The molecule has 0 saturated carbocycles. The van der Waals surface area contributed by atoms with Gasteiger partial charge in [0.05, 0.1) is 27.9 Å². The number of carbonyl (C=O) groups is 2. The normalized spacial score (nSPS) is 11.9. The van der Waals surface area contributed by atoms with Gasteiger partial charge in [-0.2, -0.15) is 0 Å². The van der Waals surface area contributed by atoms with Gasteiger partial charge in [-0.15, -0.1) is 0 Å². The Balaban J connectivity index is 1.26. The van der Waals surface area contributed by atoms with Crippen molar-refractivity contribution in [2.75, 3.05) is 16.6 Å². The maximum Gasteiger partial charge on any atom is 0.347 e. The number of sulfonamides is 1. The van der Waals surface area contributed by atoms with Gasteiger partial charge < -0.3 is 19.2 Å². The second-order valence-electron chi connectivity index (χ2n) is 15.5. The minimum atomic E-state index is -4.22. The smallest absolute Gasteiger partial charge is 0.347 e. The Hall–Kier alpha value is -5.13. The van der Waals surface area contributed by atoms with E-state index in [0.717, 1.165) is 31.2 Å². The quantitative estimate of drug-likeness (QED) is 0.0230. The Labute approximate surface area is 365 Å². The summed E-state index contributed by atoms with van der Waals surface area (Å²) in [4.78, 5) is 41.2. The first kappa shape index (κ1) is 46.9. The lowest BCUT2D eigenvalue weighted by Crippen LogP contribution is -2.41. The van der Waals surface area contributed by atoms with Crippen molar-refractivity contribution in [1.82, 2.24) is 0 Å². The van der Waals surface area contributed by atoms with Crippen molar-refractivity contribution in [2.24, 2.45) is 0 Å². The molecule has 1 atom stereocenters. The van der Waals surface area contributed by atoms with E-state index in [4.69, 9.17) is 25.5 Å². The molecule has 1 amide bonds. The number of para-hydroxylation sites is 2. The lowest BCUT2D eigenvalue weighted by atomic mass is 10.0. The van der Waals surface area contributed by atoms with Crippen LogP contribution in [0.5, 0.6) is 11.5 Å². The molecule has 0 radical (unpaired) electrons. The maximum atomic E-state index is 14.2. The van der Waals surface area contributed by atoms with Crippen molar-refractivity contribution >= 4 is 55.7 Å². The van der Waals surface area contributed by atoms with Gasteiger partial charge in [-0.25, -0.2) is 13.2 Å². The van der Waals surface area contributed by atoms with Crippen LogP contribution in [0, 0.1) is 6.92 Å². The Morgan fingerprint density at radius 2 is 1.30 bits per heavy atom. The van der Waals surface area contributed by atoms with Gasteiger partial charge in [0, 0.05) is 5.39 Å². The molecule has 10 nitrogen and oxygen atoms in total. The summed E-state index contributed by atoms with van der Waals surface area (Å²) in [6.07, 6.45) is 17.9. The molecule has 1 aromatic heterocycles. The Morgan fingerprint density at radius 3 is 1.93 bits per heavy atom. The number of ether oxygens (including phenoxy) is 2. The van der Waals surface area contributed by atoms with Gasteiger partial charge in [-0.05, 0) is 67.9 Å². The zero-order chi connectivity index (χ0) is 43.5. The van der Waals surface area contributed by atoms with Gasteiger partial charge in [0.2, 0.25) is 11.9 Å². The third-order valence-corrected chi connectivity index (χ3v) is 12.2. The van der Waals surface area contributed by atoms with Crippen molar-refractivity contribution in [3.8, 4) is 11.5 Å². The van der Waals surface area contributed by atoms with Crippen LogP contribution >= 0.6 is 11.6 Å². The summed E-state index contributed by atoms with van der Waals surface area (Å²) in [5.41, 5.74) is 0.0366. The van der Waals surface area contributed by atoms with Crippen LogP contribution in [0.2, 0.25) is 5.02 Å². The second-order valence-corrected chi connectivity index (χ2v) is 17.6. The van der Waals surface area contributed by atoms with Crippen molar-refractivity contribution in [3.63, 3.8) is 0 Å². The highest BCUT2D eigenvalue weighted by atomic mass is 35.5. The number of hydrogen-bond donors (Lipinski definition) is 2. The number of nitrogens with one attached hydrogen (secondary N) is 2. The second kappa shape index (κ2) is 24.3. The molecule has 1 heterocycles. The summed E-state index contributed by atoms with van der Waals surface area (Å²) in [6.45, 7) is 4.44. The number of halogens is 1. The molecule has 1 unspecified atom stereocenters. The average Bonchev–Trinajstić information content (AvgIpc) is 3.25. The van der Waals surface area contributed by atoms with E-state index in [1.165, 1.54) is 107 Å². The molecule has 5 aromatic rings. The standard InChI is InChI=1S/C49H59ClN2O8S/c1-3-4-5-6-7-8-9-10-11-12-13-14-15-16-17-22-33-58-45-32-31-39(61(56,57)52-42-25-20-19-24-41(42)50)35-43(45)51-48(54)47(59-38-29-27-36(2)28-30-38)46(53)40-34-37-23-18-21-26-44(37)60-49(40)55/h18-21,23-32,34-35,47,52H,3-17,22,33H2,1-2H3,(H,51,54). The topological polar surface area (TPSA) is 141 Å². The summed E-state index contributed by atoms with van der Waals surface area (Å²) >= 11 is 6.26. The summed E-state index contributed by atoms with van der Waals surface area (Å²) in [5, 5.41) is 3.36. The van der Waals surface area contributed by atoms with Crippen molar-refractivity contribution < 1.29 is 31.9 Å². The van der Waals surface area contributed by atoms with Gasteiger partial charge in [-0.1, -0.05) is 163 Å². The van der Waals surface area contributed by atoms with E-state index in [1.807, 2.05) is 6.92 Å². The van der Waals surface area contributed by atoms with E-state index in [0.29, 0.717) is 12.0 Å². The summed E-state index contributed by atoms with van der Waals surface area (Å²) < 4.78 is 47.3. The number of fused-ring (bicyclic) bond motifs is 1. The first-order valence-electron chi connectivity index (χ1n) is 21.7. The van der Waals surface area contributed by atoms with Crippen LogP contribution in [0.3, 0.4) is 0 Å². The van der Waals surface area contributed by atoms with E-state index in [2.05, 4.69) is 17.0 Å². The Bertz CT molecular complexity index is 2350. The molecule has 2 N–H and O–H groups in total. The highest BCUT2D eigenvalue weighted by Gasteiger charge is 2.33. The molecule has 0 bridgehead atoms. The predicted octanol–water partition coefficient (Wildman–Crippen LogP) is 12.5. The van der Waals surface area contributed by atoms with E-state index >= 15 is 0 Å². The Kier molecular flexibility index (Phi) is 18.7. The highest BCUT2D eigenvalue weighted by Crippen LogP contribution is 2.31. The number of rotatable bonds is 27. The molecule has 326 valence electrons. The molecule has 0 aliphatic heterocycles. The third-order valence-electron chi connectivity index (χ3n) is 10.6. The van der Waals surface area contributed by atoms with E-state index in [-0.39, 0.29) is 43.9 Å². The van der Waals surface area contributed by atoms with E-state index < -0.39 is 33.4 Å². The predicted molar refractivity (Wildman–Crippen MR) is 245 cm³/mol. The van der Waals surface area contributed by atoms with Gasteiger partial charge in [0.1, 0.15) is 22.6 Å². The number of anilines is 2. The van der Waals surface area contributed by atoms with Gasteiger partial charge >= 0.3 is 5.63 Å². The molecule has 5 rings (SSSR count). The number of amides is 1. The van der Waals surface area contributed by atoms with Gasteiger partial charge in [-0.3, -0.25) is 14.3 Å². The summed E-state index contributed by atoms with van der Waals surface area (Å²) in [5.74, 6) is -1.52. The number of carbonyl (C=O) groups excluding carboxylic acids is 2. The van der Waals surface area contributed by atoms with Crippen molar-refractivity contribution in [2.45, 2.75) is 128 Å². The van der Waals surface area contributed by atoms with Crippen LogP contribution in [0.1, 0.15) is 126 Å². The number of Topliss-reactive ketones (excluding diaryl/α,β-unsaturated/α-hetero) is 1. The number of benzene rings is 4. The first-order valence-corrected chi connectivity index (χ1v) is 23.6. The lowest BCUT2D eigenvalue weighted by molar-refractivity contribution is -0.120. The molecule has 0 spiro atoms. The average molecular weight is 872 g/mol. The fourth-order valence-electron chi connectivity index (χ4n) is 7.03. The number of unbranched alkanes of at least 4 members (excludes halogenated alkanes) is 15. The highest BCUT2D eigenvalue weighted by molar-refractivity contribution is 7.92. The van der Waals surface area contributed by atoms with Crippen LogP contribution in [0.4, 0.5) is 11.4 Å². The van der Waals surface area contributed by atoms with Crippen LogP contribution < -0.4 is 25.1 Å². The monoisotopic (exact) mass is 870 g/mol. The zero-order valence-corrected chi connectivity index (χ0v) is 37.0. The number of aryl methyl sites for hydroxylation is 1. The Morgan fingerprint density at radius 1 is 0.705 bits per heavy atom. The molecule has 0 fully saturated rings. The van der Waals surface area contributed by atoms with Crippen molar-refractivity contribution in [1.29, 1.82) is 0 Å². The van der Waals surface area contributed by atoms with Crippen LogP contribution in [-0.2, 0) is 14.8 Å². The fourth-order valence-corrected chi connectivity index (χ4v) is 8.38. The largest absolute Gasteiger partial charge is 0.491 e. The van der Waals surface area contributed by atoms with E-state index in [9.17, 15) is 22.8 Å². The minimum Gasteiger partial charge on any atom is -0.491 e. The molecule has 0 aliphatic rings. The zero-order valence-electron chi connectivity index (χ0n) is 35.4. The SMILES string of the molecule is CCCCCCCCCCCCCCCCCCOc1ccc(S(=O)(=O)Nc2ccccc2Cl)cc1NC(=O)C(Oc1ccc(C)cc1)C(=O)c1cc2ccccc2oc1=O. The molecule has 0 saturated heterocycles. The molecule has 61 heavy (non-hydrogen) atoms. The molecular weight excluding hydrogens is 812 g/mol. The number of hydrogen-bond acceptors (Lipinski definition) is 8. The van der Waals surface area contributed by atoms with Gasteiger partial charge in [0.25, 0.3) is 15.9 Å². The third kappa shape index (κ3) is 14.8. The molecule has 4 aromatic carbocycles. The summed E-state index contributed by atoms with van der Waals surface area (Å²) in [7, 11) is -4.22. The number of ketones is 1. The molecule has 12 heteroatoms. The molecular formula is C49H59ClN2O8S. The maximum absolute atomic E-state index is 14.2. The molecule has 0 aliphatic carbocycles. The minimum absolute atomic E-state index is 0.0145. The van der Waals surface area contributed by atoms with Crippen LogP contribution in [0.25, 0.3) is 11.0 Å².